The first-order chi connectivity index (χ1) is 5.95. The van der Waals surface area contributed by atoms with Crippen LogP contribution >= 0.6 is 0 Å². The fourth-order valence-corrected chi connectivity index (χ4v) is 1.34. The number of aryl methyl sites for hydroxylation is 1. The third-order valence-corrected chi connectivity index (χ3v) is 1.99. The van der Waals surface area contributed by atoms with E-state index >= 15 is 0 Å². The number of pyridine rings is 1. The van der Waals surface area contributed by atoms with Crippen molar-refractivity contribution in [2.24, 2.45) is 0 Å². The van der Waals surface area contributed by atoms with E-state index in [9.17, 15) is 5.11 Å². The summed E-state index contributed by atoms with van der Waals surface area (Å²) in [5.41, 5.74) is 6.43. The minimum atomic E-state index is -0.841. The average Bonchev–Trinajstić information content (AvgIpc) is 2.01. The predicted molar refractivity (Wildman–Crippen MR) is 53.3 cm³/mol. The van der Waals surface area contributed by atoms with E-state index in [0.717, 1.165) is 17.7 Å². The Kier molecular flexibility index (Phi) is 2.57. The molecular formula is C10H16N2O. The molecule has 0 radical (unpaired) electrons. The quantitative estimate of drug-likeness (QED) is 0.724. The summed E-state index contributed by atoms with van der Waals surface area (Å²) >= 11 is 0. The van der Waals surface area contributed by atoms with Gasteiger partial charge >= 0.3 is 0 Å². The van der Waals surface area contributed by atoms with Crippen molar-refractivity contribution in [2.45, 2.75) is 32.8 Å². The van der Waals surface area contributed by atoms with E-state index < -0.39 is 5.60 Å². The monoisotopic (exact) mass is 180 g/mol. The summed E-state index contributed by atoms with van der Waals surface area (Å²) in [5, 5.41) is 9.81. The third kappa shape index (κ3) is 2.18. The van der Waals surface area contributed by atoms with Crippen molar-refractivity contribution in [1.29, 1.82) is 0 Å². The van der Waals surface area contributed by atoms with Crippen molar-refractivity contribution >= 4 is 5.82 Å². The number of aliphatic hydroxyl groups is 1. The van der Waals surface area contributed by atoms with E-state index in [2.05, 4.69) is 4.98 Å². The van der Waals surface area contributed by atoms with Crippen LogP contribution < -0.4 is 5.73 Å². The molecule has 1 aromatic rings. The van der Waals surface area contributed by atoms with Crippen LogP contribution in [0.4, 0.5) is 5.82 Å². The molecule has 0 aromatic carbocycles. The van der Waals surface area contributed by atoms with Gasteiger partial charge in [-0.1, -0.05) is 13.0 Å². The Hall–Kier alpha value is -1.09. The van der Waals surface area contributed by atoms with Crippen molar-refractivity contribution < 1.29 is 5.11 Å². The fourth-order valence-electron chi connectivity index (χ4n) is 1.34. The minimum Gasteiger partial charge on any atom is -0.386 e. The van der Waals surface area contributed by atoms with Gasteiger partial charge in [0.15, 0.2) is 0 Å². The second kappa shape index (κ2) is 3.34. The molecule has 0 aliphatic heterocycles. The van der Waals surface area contributed by atoms with E-state index in [4.69, 9.17) is 5.73 Å². The Morgan fingerprint density at radius 2 is 2.08 bits per heavy atom. The number of hydrogen-bond acceptors (Lipinski definition) is 3. The Morgan fingerprint density at radius 1 is 1.46 bits per heavy atom. The highest BCUT2D eigenvalue weighted by Gasteiger charge is 2.19. The number of aromatic nitrogens is 1. The molecule has 13 heavy (non-hydrogen) atoms. The van der Waals surface area contributed by atoms with Gasteiger partial charge in [-0.25, -0.2) is 4.98 Å². The first-order valence-electron chi connectivity index (χ1n) is 4.43. The lowest BCUT2D eigenvalue weighted by Gasteiger charge is -2.20. The molecule has 0 aliphatic rings. The van der Waals surface area contributed by atoms with Crippen LogP contribution in [0, 0.1) is 0 Å². The molecule has 0 spiro atoms. The average molecular weight is 180 g/mol. The number of nitrogens with zero attached hydrogens (tertiary/aromatic N) is 1. The molecule has 0 fully saturated rings. The molecule has 72 valence electrons. The second-order valence-electron chi connectivity index (χ2n) is 3.64. The second-order valence-corrected chi connectivity index (χ2v) is 3.64. The van der Waals surface area contributed by atoms with Crippen LogP contribution in [0.1, 0.15) is 32.0 Å². The molecule has 1 rings (SSSR count). The van der Waals surface area contributed by atoms with Gasteiger partial charge in [-0.2, -0.15) is 0 Å². The first-order valence-corrected chi connectivity index (χ1v) is 4.43. The van der Waals surface area contributed by atoms with Gasteiger partial charge in [0.2, 0.25) is 0 Å². The highest BCUT2D eigenvalue weighted by molar-refractivity contribution is 5.36. The molecular weight excluding hydrogens is 164 g/mol. The third-order valence-electron chi connectivity index (χ3n) is 1.99. The van der Waals surface area contributed by atoms with Crippen LogP contribution in [0.3, 0.4) is 0 Å². The SMILES string of the molecule is CCc1nc(N)ccc1C(C)(C)O. The maximum Gasteiger partial charge on any atom is 0.123 e. The van der Waals surface area contributed by atoms with E-state index in [-0.39, 0.29) is 0 Å². The number of hydrogen-bond donors (Lipinski definition) is 2. The van der Waals surface area contributed by atoms with Gasteiger partial charge in [0.25, 0.3) is 0 Å². The lowest BCUT2D eigenvalue weighted by molar-refractivity contribution is 0.0772. The Morgan fingerprint density at radius 3 is 2.54 bits per heavy atom. The van der Waals surface area contributed by atoms with E-state index in [1.807, 2.05) is 13.0 Å². The Balaban J connectivity index is 3.22. The molecule has 3 heteroatoms. The number of nitrogens with two attached hydrogens (primary N) is 1. The smallest absolute Gasteiger partial charge is 0.123 e. The van der Waals surface area contributed by atoms with Crippen LogP contribution in [0.5, 0.6) is 0 Å². The lowest BCUT2D eigenvalue weighted by atomic mass is 9.96. The van der Waals surface area contributed by atoms with Gasteiger partial charge in [-0.3, -0.25) is 0 Å². The van der Waals surface area contributed by atoms with Crippen LogP contribution in [0.2, 0.25) is 0 Å². The summed E-state index contributed by atoms with van der Waals surface area (Å²) in [6, 6.07) is 3.55. The van der Waals surface area contributed by atoms with Crippen LogP contribution in [-0.4, -0.2) is 10.1 Å². The predicted octanol–water partition coefficient (Wildman–Crippen LogP) is 1.45. The summed E-state index contributed by atoms with van der Waals surface area (Å²) in [4.78, 5) is 4.18. The molecule has 0 unspecified atom stereocenters. The largest absolute Gasteiger partial charge is 0.386 e. The summed E-state index contributed by atoms with van der Waals surface area (Å²) in [7, 11) is 0. The first kappa shape index (κ1) is 9.99. The van der Waals surface area contributed by atoms with Crippen molar-refractivity contribution in [2.75, 3.05) is 5.73 Å². The van der Waals surface area contributed by atoms with Crippen molar-refractivity contribution in [1.82, 2.24) is 4.98 Å². The van der Waals surface area contributed by atoms with Crippen LogP contribution in [0.25, 0.3) is 0 Å². The van der Waals surface area contributed by atoms with Gasteiger partial charge in [0.05, 0.1) is 5.60 Å². The normalized spacial score (nSPS) is 11.7. The summed E-state index contributed by atoms with van der Waals surface area (Å²) in [6.45, 7) is 5.50. The van der Waals surface area contributed by atoms with Crippen LogP contribution in [-0.2, 0) is 12.0 Å². The zero-order valence-electron chi connectivity index (χ0n) is 8.33. The highest BCUT2D eigenvalue weighted by atomic mass is 16.3. The molecule has 3 nitrogen and oxygen atoms in total. The lowest BCUT2D eigenvalue weighted by Crippen LogP contribution is -2.19. The van der Waals surface area contributed by atoms with E-state index in [0.29, 0.717) is 5.82 Å². The molecule has 0 saturated carbocycles. The molecule has 0 amide bonds. The Labute approximate surface area is 78.6 Å². The summed E-state index contributed by atoms with van der Waals surface area (Å²) in [6.07, 6.45) is 0.782. The topological polar surface area (TPSA) is 59.1 Å². The molecule has 0 saturated heterocycles. The minimum absolute atomic E-state index is 0.504. The number of rotatable bonds is 2. The van der Waals surface area contributed by atoms with Crippen molar-refractivity contribution in [3.63, 3.8) is 0 Å². The van der Waals surface area contributed by atoms with Crippen molar-refractivity contribution in [3.8, 4) is 0 Å². The maximum absolute atomic E-state index is 9.81. The molecule has 0 bridgehead atoms. The fraction of sp³-hybridized carbons (Fsp3) is 0.500. The zero-order valence-corrected chi connectivity index (χ0v) is 8.33. The highest BCUT2D eigenvalue weighted by Crippen LogP contribution is 2.23. The Bertz CT molecular complexity index is 302. The van der Waals surface area contributed by atoms with Gasteiger partial charge in [-0.05, 0) is 26.3 Å². The molecule has 1 heterocycles. The van der Waals surface area contributed by atoms with Gasteiger partial charge < -0.3 is 10.8 Å². The van der Waals surface area contributed by atoms with Gasteiger partial charge in [0.1, 0.15) is 5.82 Å². The van der Waals surface area contributed by atoms with Crippen LogP contribution in [0.15, 0.2) is 12.1 Å². The zero-order chi connectivity index (χ0) is 10.1. The molecule has 3 N–H and O–H groups in total. The van der Waals surface area contributed by atoms with Gasteiger partial charge in [-0.15, -0.1) is 0 Å². The van der Waals surface area contributed by atoms with E-state index in [1.165, 1.54) is 0 Å². The van der Waals surface area contributed by atoms with Crippen molar-refractivity contribution in [3.05, 3.63) is 23.4 Å². The standard InChI is InChI=1S/C10H16N2O/c1-4-8-7(10(2,3)13)5-6-9(11)12-8/h5-6,13H,4H2,1-3H3,(H2,11,12). The van der Waals surface area contributed by atoms with E-state index in [1.54, 1.807) is 19.9 Å². The summed E-state index contributed by atoms with van der Waals surface area (Å²) < 4.78 is 0. The molecule has 1 aromatic heterocycles. The van der Waals surface area contributed by atoms with Gasteiger partial charge in [0, 0.05) is 11.3 Å². The molecule has 0 atom stereocenters. The number of anilines is 1. The molecule has 0 aliphatic carbocycles. The summed E-state index contributed by atoms with van der Waals surface area (Å²) in [5.74, 6) is 0.504. The number of nitrogen functional groups attached to an aromatic ring is 1. The maximum atomic E-state index is 9.81.